The van der Waals surface area contributed by atoms with Crippen molar-refractivity contribution in [2.24, 2.45) is 0 Å². The molecule has 0 saturated carbocycles. The predicted molar refractivity (Wildman–Crippen MR) is 94.1 cm³/mol. The first-order valence-electron chi connectivity index (χ1n) is 6.63. The Morgan fingerprint density at radius 2 is 1.76 bits per heavy atom. The van der Waals surface area contributed by atoms with E-state index in [1.54, 1.807) is 0 Å². The highest BCUT2D eigenvalue weighted by molar-refractivity contribution is 8.27. The summed E-state index contributed by atoms with van der Waals surface area (Å²) in [5, 5.41) is 21.3. The number of carbonyl (C=O) groups excluding carboxylic acids is 1. The summed E-state index contributed by atoms with van der Waals surface area (Å²) in [5.74, 6) is -0.726. The van der Waals surface area contributed by atoms with Gasteiger partial charge in [0.15, 0.2) is 4.32 Å². The molecule has 11 heteroatoms. The number of nitro benzene ring substituents is 1. The van der Waals surface area contributed by atoms with E-state index in [1.807, 2.05) is 0 Å². The minimum absolute atomic E-state index is 0.104. The van der Waals surface area contributed by atoms with Gasteiger partial charge >= 0.3 is 5.88 Å². The second-order valence-corrected chi connectivity index (χ2v) is 6.40. The number of rotatable bonds is 4. The van der Waals surface area contributed by atoms with Crippen LogP contribution in [-0.4, -0.2) is 20.1 Å². The molecule has 1 amide bonds. The lowest BCUT2D eigenvalue weighted by Gasteiger charge is -2.13. The van der Waals surface area contributed by atoms with E-state index in [2.05, 4.69) is 0 Å². The van der Waals surface area contributed by atoms with Gasteiger partial charge in [0.05, 0.1) is 21.6 Å². The molecular weight excluding hydrogens is 370 g/mol. The molecule has 1 aromatic heterocycles. The van der Waals surface area contributed by atoms with Crippen LogP contribution >= 0.6 is 24.0 Å². The number of non-ortho nitro benzene ring substituents is 1. The molecule has 126 valence electrons. The first kappa shape index (κ1) is 16.8. The van der Waals surface area contributed by atoms with Crippen LogP contribution in [0.25, 0.3) is 6.08 Å². The van der Waals surface area contributed by atoms with E-state index in [9.17, 15) is 25.0 Å². The Bertz CT molecular complexity index is 934. The molecule has 0 unspecified atom stereocenters. The van der Waals surface area contributed by atoms with E-state index in [0.29, 0.717) is 5.69 Å². The van der Waals surface area contributed by atoms with Crippen molar-refractivity contribution in [1.82, 2.24) is 0 Å². The monoisotopic (exact) mass is 377 g/mol. The van der Waals surface area contributed by atoms with Crippen molar-refractivity contribution >= 4 is 57.5 Å². The summed E-state index contributed by atoms with van der Waals surface area (Å²) in [6.07, 6.45) is 1.36. The third-order valence-electron chi connectivity index (χ3n) is 3.18. The summed E-state index contributed by atoms with van der Waals surface area (Å²) in [7, 11) is 0. The van der Waals surface area contributed by atoms with Crippen LogP contribution < -0.4 is 4.90 Å². The molecule has 2 heterocycles. The van der Waals surface area contributed by atoms with E-state index in [4.69, 9.17) is 16.6 Å². The standard InChI is InChI=1S/C14H7N3O6S2/c18-13-11(7-10-5-6-12(23-10)17(21)22)25-14(24)15(13)8-1-3-9(4-2-8)16(19)20/h1-7H/b11-7-. The molecular formula is C14H7N3O6S2. The number of thioether (sulfide) groups is 1. The van der Waals surface area contributed by atoms with Gasteiger partial charge in [-0.15, -0.1) is 0 Å². The van der Waals surface area contributed by atoms with Crippen LogP contribution in [0.15, 0.2) is 45.7 Å². The summed E-state index contributed by atoms with van der Waals surface area (Å²) in [5.41, 5.74) is 0.287. The minimum atomic E-state index is -0.681. The number of thiocarbonyl (C=S) groups is 1. The van der Waals surface area contributed by atoms with Crippen molar-refractivity contribution < 1.29 is 19.1 Å². The van der Waals surface area contributed by atoms with E-state index in [0.717, 1.165) is 11.8 Å². The molecule has 0 radical (unpaired) electrons. The fourth-order valence-corrected chi connectivity index (χ4v) is 3.34. The van der Waals surface area contributed by atoms with Crippen LogP contribution in [-0.2, 0) is 4.79 Å². The van der Waals surface area contributed by atoms with Crippen LogP contribution in [0, 0.1) is 20.2 Å². The van der Waals surface area contributed by atoms with E-state index < -0.39 is 21.6 Å². The first-order chi connectivity index (χ1) is 11.9. The van der Waals surface area contributed by atoms with Gasteiger partial charge in [-0.3, -0.25) is 29.9 Å². The van der Waals surface area contributed by atoms with Gasteiger partial charge in [-0.05, 0) is 18.2 Å². The number of benzene rings is 1. The lowest BCUT2D eigenvalue weighted by molar-refractivity contribution is -0.402. The second-order valence-electron chi connectivity index (χ2n) is 4.72. The molecule has 1 aliphatic heterocycles. The minimum Gasteiger partial charge on any atom is -0.401 e. The molecule has 1 aromatic carbocycles. The molecule has 25 heavy (non-hydrogen) atoms. The average Bonchev–Trinajstić information content (AvgIpc) is 3.13. The molecule has 0 spiro atoms. The number of nitro groups is 2. The summed E-state index contributed by atoms with van der Waals surface area (Å²) in [6, 6.07) is 7.94. The van der Waals surface area contributed by atoms with Crippen molar-refractivity contribution in [3.8, 4) is 0 Å². The third kappa shape index (κ3) is 3.27. The van der Waals surface area contributed by atoms with Gasteiger partial charge in [-0.1, -0.05) is 24.0 Å². The van der Waals surface area contributed by atoms with Gasteiger partial charge in [0.25, 0.3) is 11.6 Å². The summed E-state index contributed by atoms with van der Waals surface area (Å²) < 4.78 is 5.24. The zero-order chi connectivity index (χ0) is 18.1. The maximum absolute atomic E-state index is 12.5. The van der Waals surface area contributed by atoms with Gasteiger partial charge in [-0.25, -0.2) is 0 Å². The number of furan rings is 1. The Morgan fingerprint density at radius 3 is 2.32 bits per heavy atom. The largest absolute Gasteiger partial charge is 0.433 e. The van der Waals surface area contributed by atoms with Gasteiger partial charge in [0, 0.05) is 18.2 Å². The average molecular weight is 377 g/mol. The highest BCUT2D eigenvalue weighted by Crippen LogP contribution is 2.36. The molecule has 2 aromatic rings. The number of hydrogen-bond donors (Lipinski definition) is 0. The molecule has 0 N–H and O–H groups in total. The molecule has 1 aliphatic rings. The Hall–Kier alpha value is -3.05. The Kier molecular flexibility index (Phi) is 4.33. The maximum atomic E-state index is 12.5. The lowest BCUT2D eigenvalue weighted by Crippen LogP contribution is -2.27. The van der Waals surface area contributed by atoms with Crippen molar-refractivity contribution in [3.63, 3.8) is 0 Å². The van der Waals surface area contributed by atoms with Gasteiger partial charge in [0.1, 0.15) is 10.7 Å². The highest BCUT2D eigenvalue weighted by Gasteiger charge is 2.34. The van der Waals surface area contributed by atoms with Gasteiger partial charge < -0.3 is 4.42 Å². The number of amides is 1. The number of carbonyl (C=O) groups is 1. The van der Waals surface area contributed by atoms with Crippen LogP contribution in [0.5, 0.6) is 0 Å². The number of anilines is 1. The van der Waals surface area contributed by atoms with Crippen LogP contribution in [0.2, 0.25) is 0 Å². The van der Waals surface area contributed by atoms with Crippen molar-refractivity contribution in [3.05, 3.63) is 67.3 Å². The predicted octanol–water partition coefficient (Wildman–Crippen LogP) is 3.50. The van der Waals surface area contributed by atoms with Crippen LogP contribution in [0.3, 0.4) is 0 Å². The summed E-state index contributed by atoms with van der Waals surface area (Å²) in [4.78, 5) is 34.1. The van der Waals surface area contributed by atoms with Gasteiger partial charge in [0.2, 0.25) is 0 Å². The smallest absolute Gasteiger partial charge is 0.401 e. The van der Waals surface area contributed by atoms with E-state index in [1.165, 1.54) is 47.4 Å². The Balaban J connectivity index is 1.87. The lowest BCUT2D eigenvalue weighted by atomic mass is 10.2. The summed E-state index contributed by atoms with van der Waals surface area (Å²) in [6.45, 7) is 0. The molecule has 0 atom stereocenters. The number of nitrogens with zero attached hydrogens (tertiary/aromatic N) is 3. The van der Waals surface area contributed by atoms with E-state index >= 15 is 0 Å². The highest BCUT2D eigenvalue weighted by atomic mass is 32.2. The normalized spacial score (nSPS) is 15.8. The fourth-order valence-electron chi connectivity index (χ4n) is 2.06. The second kappa shape index (κ2) is 6.45. The first-order valence-corrected chi connectivity index (χ1v) is 7.86. The van der Waals surface area contributed by atoms with E-state index in [-0.39, 0.29) is 20.7 Å². The van der Waals surface area contributed by atoms with Crippen molar-refractivity contribution in [1.29, 1.82) is 0 Å². The third-order valence-corrected chi connectivity index (χ3v) is 4.48. The Morgan fingerprint density at radius 1 is 1.08 bits per heavy atom. The zero-order valence-corrected chi connectivity index (χ0v) is 13.8. The van der Waals surface area contributed by atoms with Crippen LogP contribution in [0.4, 0.5) is 17.3 Å². The number of hydrogen-bond acceptors (Lipinski definition) is 8. The molecule has 1 saturated heterocycles. The van der Waals surface area contributed by atoms with Gasteiger partial charge in [-0.2, -0.15) is 0 Å². The molecule has 1 fully saturated rings. The quantitative estimate of drug-likeness (QED) is 0.344. The molecule has 0 aliphatic carbocycles. The molecule has 3 rings (SSSR count). The van der Waals surface area contributed by atoms with Crippen molar-refractivity contribution in [2.45, 2.75) is 0 Å². The molecule has 0 bridgehead atoms. The van der Waals surface area contributed by atoms with Crippen molar-refractivity contribution in [2.75, 3.05) is 4.90 Å². The SMILES string of the molecule is O=C1/C(=C/c2ccc([N+](=O)[O-])o2)SC(=S)N1c1ccc([N+](=O)[O-])cc1. The molecule has 9 nitrogen and oxygen atoms in total. The summed E-state index contributed by atoms with van der Waals surface area (Å²) >= 11 is 6.18. The zero-order valence-electron chi connectivity index (χ0n) is 12.1. The Labute approximate surface area is 149 Å². The fraction of sp³-hybridized carbons (Fsp3) is 0. The maximum Gasteiger partial charge on any atom is 0.433 e. The van der Waals surface area contributed by atoms with Crippen LogP contribution in [0.1, 0.15) is 5.76 Å². The topological polar surface area (TPSA) is 120 Å².